The maximum absolute atomic E-state index is 12.5. The van der Waals surface area contributed by atoms with Crippen molar-refractivity contribution in [1.82, 2.24) is 19.7 Å². The molecule has 1 fully saturated rings. The van der Waals surface area contributed by atoms with E-state index in [1.54, 1.807) is 34.1 Å². The van der Waals surface area contributed by atoms with Crippen molar-refractivity contribution in [3.05, 3.63) is 42.5 Å². The summed E-state index contributed by atoms with van der Waals surface area (Å²) in [6.45, 7) is 0.332. The van der Waals surface area contributed by atoms with E-state index in [1.165, 1.54) is 0 Å². The Morgan fingerprint density at radius 1 is 1.45 bits per heavy atom. The van der Waals surface area contributed by atoms with Crippen LogP contribution in [0.15, 0.2) is 36.8 Å². The van der Waals surface area contributed by atoms with Gasteiger partial charge in [0, 0.05) is 31.2 Å². The average Bonchev–Trinajstić information content (AvgIpc) is 3.17. The van der Waals surface area contributed by atoms with Crippen LogP contribution in [0.3, 0.4) is 0 Å². The van der Waals surface area contributed by atoms with Crippen LogP contribution < -0.4 is 0 Å². The number of carbonyl (C=O) groups is 1. The Bertz CT molecular complexity index is 593. The molecule has 2 aromatic rings. The lowest BCUT2D eigenvalue weighted by Crippen LogP contribution is -2.36. The molecule has 6 nitrogen and oxygen atoms in total. The maximum atomic E-state index is 12.5. The first-order chi connectivity index (χ1) is 9.79. The lowest BCUT2D eigenvalue weighted by molar-refractivity contribution is 0.0701. The minimum absolute atomic E-state index is 0.0267. The summed E-state index contributed by atoms with van der Waals surface area (Å²) in [7, 11) is 0. The SMILES string of the molecule is O=C(c1cc(-n2cccn2)ccn1)N(CCO)C1CC1. The third kappa shape index (κ3) is 2.55. The van der Waals surface area contributed by atoms with Gasteiger partial charge in [-0.05, 0) is 31.0 Å². The van der Waals surface area contributed by atoms with Crippen molar-refractivity contribution in [2.24, 2.45) is 0 Å². The van der Waals surface area contributed by atoms with Gasteiger partial charge in [-0.3, -0.25) is 9.78 Å². The van der Waals surface area contributed by atoms with Crippen LogP contribution in [0.4, 0.5) is 0 Å². The fraction of sp³-hybridized carbons (Fsp3) is 0.357. The van der Waals surface area contributed by atoms with Gasteiger partial charge in [-0.25, -0.2) is 4.68 Å². The average molecular weight is 272 g/mol. The molecule has 2 aromatic heterocycles. The van der Waals surface area contributed by atoms with Crippen LogP contribution in [0.1, 0.15) is 23.3 Å². The number of hydrogen-bond donors (Lipinski definition) is 1. The topological polar surface area (TPSA) is 71.2 Å². The smallest absolute Gasteiger partial charge is 0.272 e. The molecule has 0 saturated heterocycles. The number of aliphatic hydroxyl groups excluding tert-OH is 1. The molecule has 20 heavy (non-hydrogen) atoms. The number of carbonyl (C=O) groups excluding carboxylic acids is 1. The third-order valence-electron chi connectivity index (χ3n) is 3.32. The fourth-order valence-electron chi connectivity index (χ4n) is 2.19. The molecule has 104 valence electrons. The molecule has 0 aromatic carbocycles. The molecule has 3 rings (SSSR count). The molecule has 0 unspecified atom stereocenters. The number of hydrogen-bond acceptors (Lipinski definition) is 4. The van der Waals surface area contributed by atoms with Crippen LogP contribution in [-0.4, -0.2) is 49.9 Å². The summed E-state index contributed by atoms with van der Waals surface area (Å²) >= 11 is 0. The molecule has 0 spiro atoms. The van der Waals surface area contributed by atoms with Crippen molar-refractivity contribution in [2.45, 2.75) is 18.9 Å². The molecule has 1 aliphatic carbocycles. The second-order valence-electron chi connectivity index (χ2n) is 4.80. The van der Waals surface area contributed by atoms with E-state index in [9.17, 15) is 4.79 Å². The first-order valence-corrected chi connectivity index (χ1v) is 6.67. The van der Waals surface area contributed by atoms with Crippen molar-refractivity contribution < 1.29 is 9.90 Å². The van der Waals surface area contributed by atoms with E-state index in [-0.39, 0.29) is 18.6 Å². The minimum atomic E-state index is -0.129. The van der Waals surface area contributed by atoms with E-state index < -0.39 is 0 Å². The Morgan fingerprint density at radius 3 is 2.95 bits per heavy atom. The summed E-state index contributed by atoms with van der Waals surface area (Å²) in [4.78, 5) is 18.3. The number of aromatic nitrogens is 3. The maximum Gasteiger partial charge on any atom is 0.272 e. The molecule has 1 saturated carbocycles. The highest BCUT2D eigenvalue weighted by Gasteiger charge is 2.33. The molecule has 6 heteroatoms. The normalized spacial score (nSPS) is 14.2. The van der Waals surface area contributed by atoms with Crippen molar-refractivity contribution in [2.75, 3.05) is 13.2 Å². The van der Waals surface area contributed by atoms with Crippen molar-refractivity contribution in [3.8, 4) is 5.69 Å². The predicted molar refractivity (Wildman–Crippen MR) is 72.5 cm³/mol. The summed E-state index contributed by atoms with van der Waals surface area (Å²) < 4.78 is 1.69. The molecular weight excluding hydrogens is 256 g/mol. The summed E-state index contributed by atoms with van der Waals surface area (Å²) in [6.07, 6.45) is 7.11. The van der Waals surface area contributed by atoms with E-state index in [2.05, 4.69) is 10.1 Å². The van der Waals surface area contributed by atoms with E-state index in [0.29, 0.717) is 12.2 Å². The van der Waals surface area contributed by atoms with Gasteiger partial charge >= 0.3 is 0 Å². The zero-order chi connectivity index (χ0) is 13.9. The van der Waals surface area contributed by atoms with Crippen molar-refractivity contribution in [3.63, 3.8) is 0 Å². The van der Waals surface area contributed by atoms with Crippen LogP contribution in [-0.2, 0) is 0 Å². The summed E-state index contributed by atoms with van der Waals surface area (Å²) in [5.41, 5.74) is 1.19. The van der Waals surface area contributed by atoms with E-state index >= 15 is 0 Å². The fourth-order valence-corrected chi connectivity index (χ4v) is 2.19. The summed E-state index contributed by atoms with van der Waals surface area (Å²) in [6, 6.07) is 5.61. The number of nitrogens with zero attached hydrogens (tertiary/aromatic N) is 4. The molecule has 1 amide bonds. The summed E-state index contributed by atoms with van der Waals surface area (Å²) in [5.74, 6) is -0.129. The second-order valence-corrected chi connectivity index (χ2v) is 4.80. The molecule has 1 N–H and O–H groups in total. The van der Waals surface area contributed by atoms with E-state index in [4.69, 9.17) is 5.11 Å². The first-order valence-electron chi connectivity index (χ1n) is 6.67. The molecule has 0 radical (unpaired) electrons. The highest BCUT2D eigenvalue weighted by molar-refractivity contribution is 5.93. The lowest BCUT2D eigenvalue weighted by Gasteiger charge is -2.20. The Hall–Kier alpha value is -2.21. The quantitative estimate of drug-likeness (QED) is 0.876. The Kier molecular flexibility index (Phi) is 3.47. The van der Waals surface area contributed by atoms with Crippen molar-refractivity contribution in [1.29, 1.82) is 0 Å². The zero-order valence-electron chi connectivity index (χ0n) is 11.0. The van der Waals surface area contributed by atoms with Crippen LogP contribution >= 0.6 is 0 Å². The number of rotatable bonds is 5. The van der Waals surface area contributed by atoms with Gasteiger partial charge in [0.15, 0.2) is 0 Å². The Labute approximate surface area is 116 Å². The highest BCUT2D eigenvalue weighted by Crippen LogP contribution is 2.27. The predicted octanol–water partition coefficient (Wildman–Crippen LogP) is 0.864. The summed E-state index contributed by atoms with van der Waals surface area (Å²) in [5, 5.41) is 13.2. The van der Waals surface area contributed by atoms with Crippen LogP contribution in [0.2, 0.25) is 0 Å². The molecule has 2 heterocycles. The number of amides is 1. The largest absolute Gasteiger partial charge is 0.395 e. The van der Waals surface area contributed by atoms with Gasteiger partial charge in [-0.1, -0.05) is 0 Å². The number of aliphatic hydroxyl groups is 1. The molecule has 1 aliphatic rings. The zero-order valence-corrected chi connectivity index (χ0v) is 11.0. The van der Waals surface area contributed by atoms with Gasteiger partial charge in [0.2, 0.25) is 0 Å². The molecule has 0 bridgehead atoms. The highest BCUT2D eigenvalue weighted by atomic mass is 16.3. The van der Waals surface area contributed by atoms with Crippen LogP contribution in [0.5, 0.6) is 0 Å². The van der Waals surface area contributed by atoms with Gasteiger partial charge in [0.05, 0.1) is 12.3 Å². The van der Waals surface area contributed by atoms with E-state index in [0.717, 1.165) is 18.5 Å². The van der Waals surface area contributed by atoms with Gasteiger partial charge in [0.25, 0.3) is 5.91 Å². The lowest BCUT2D eigenvalue weighted by atomic mass is 10.2. The molecule has 0 aliphatic heterocycles. The first kappa shape index (κ1) is 12.8. The van der Waals surface area contributed by atoms with Crippen LogP contribution in [0.25, 0.3) is 5.69 Å². The van der Waals surface area contributed by atoms with Crippen molar-refractivity contribution >= 4 is 5.91 Å². The van der Waals surface area contributed by atoms with Gasteiger partial charge < -0.3 is 10.0 Å². The molecule has 0 atom stereocenters. The number of pyridine rings is 1. The Morgan fingerprint density at radius 2 is 2.30 bits per heavy atom. The van der Waals surface area contributed by atoms with Gasteiger partial charge in [0.1, 0.15) is 5.69 Å². The van der Waals surface area contributed by atoms with E-state index in [1.807, 2.05) is 12.3 Å². The third-order valence-corrected chi connectivity index (χ3v) is 3.32. The van der Waals surface area contributed by atoms with Gasteiger partial charge in [-0.15, -0.1) is 0 Å². The van der Waals surface area contributed by atoms with Gasteiger partial charge in [-0.2, -0.15) is 5.10 Å². The molecular formula is C14H16N4O2. The second kappa shape index (κ2) is 5.42. The standard InChI is InChI=1S/C14H16N4O2/c19-9-8-17(11-2-3-11)14(20)13-10-12(4-6-15-13)18-7-1-5-16-18/h1,4-7,10-11,19H,2-3,8-9H2. The Balaban J connectivity index is 1.85. The monoisotopic (exact) mass is 272 g/mol. The minimum Gasteiger partial charge on any atom is -0.395 e. The van der Waals surface area contributed by atoms with Crippen LogP contribution in [0, 0.1) is 0 Å².